The molecule has 1 heterocycles. The average Bonchev–Trinajstić information content (AvgIpc) is 2.56. The number of benzene rings is 2. The van der Waals surface area contributed by atoms with Crippen molar-refractivity contribution in [3.63, 3.8) is 0 Å². The van der Waals surface area contributed by atoms with Crippen molar-refractivity contribution < 1.29 is 13.9 Å². The zero-order valence-electron chi connectivity index (χ0n) is 13.7. The molecular weight excluding hydrogens is 382 g/mol. The lowest BCUT2D eigenvalue weighted by molar-refractivity contribution is 0.101. The number of hydrogen-bond acceptors (Lipinski definition) is 4. The number of anilines is 2. The first-order valence-corrected chi connectivity index (χ1v) is 8.24. The molecule has 3 rings (SSSR count). The number of H-pyrrole nitrogens is 1. The number of fused-ring (bicyclic) bond motifs is 1. The zero-order chi connectivity index (χ0) is 19.0. The molecule has 0 atom stereocenters. The maximum Gasteiger partial charge on any atom is 0.206 e. The zero-order valence-corrected chi connectivity index (χ0v) is 15.3. The molecular formula is C18H13Cl2FN2O3. The largest absolute Gasteiger partial charge is 0.494 e. The van der Waals surface area contributed by atoms with E-state index >= 15 is 0 Å². The van der Waals surface area contributed by atoms with Crippen molar-refractivity contribution >= 4 is 51.4 Å². The first kappa shape index (κ1) is 18.2. The van der Waals surface area contributed by atoms with Crippen LogP contribution in [0.15, 0.2) is 35.1 Å². The van der Waals surface area contributed by atoms with Gasteiger partial charge in [-0.15, -0.1) is 0 Å². The maximum absolute atomic E-state index is 13.4. The average molecular weight is 395 g/mol. The van der Waals surface area contributed by atoms with E-state index in [9.17, 15) is 14.0 Å². The Kier molecular flexibility index (Phi) is 4.89. The van der Waals surface area contributed by atoms with Crippen LogP contribution in [0, 0.1) is 5.82 Å². The van der Waals surface area contributed by atoms with Crippen LogP contribution < -0.4 is 15.5 Å². The summed E-state index contributed by atoms with van der Waals surface area (Å²) in [6, 6.07) is 7.04. The molecule has 0 fully saturated rings. The van der Waals surface area contributed by atoms with E-state index < -0.39 is 17.0 Å². The number of rotatable bonds is 4. The maximum atomic E-state index is 13.4. The van der Waals surface area contributed by atoms with Crippen LogP contribution in [-0.4, -0.2) is 17.9 Å². The fourth-order valence-corrected chi connectivity index (χ4v) is 3.29. The Hall–Kier alpha value is -2.57. The highest BCUT2D eigenvalue weighted by Gasteiger charge is 2.22. The van der Waals surface area contributed by atoms with Crippen LogP contribution in [0.5, 0.6) is 5.75 Å². The number of nitrogens with one attached hydrogen (secondary N) is 2. The summed E-state index contributed by atoms with van der Waals surface area (Å²) < 4.78 is 18.6. The molecule has 0 amide bonds. The minimum Gasteiger partial charge on any atom is -0.494 e. The highest BCUT2D eigenvalue weighted by molar-refractivity contribution is 6.39. The van der Waals surface area contributed by atoms with Crippen molar-refractivity contribution in [2.24, 2.45) is 0 Å². The Bertz CT molecular complexity index is 1100. The van der Waals surface area contributed by atoms with Gasteiger partial charge in [-0.05, 0) is 31.2 Å². The van der Waals surface area contributed by atoms with Gasteiger partial charge in [0.1, 0.15) is 17.2 Å². The predicted octanol–water partition coefficient (Wildman–Crippen LogP) is 4.93. The molecule has 3 aromatic rings. The van der Waals surface area contributed by atoms with Crippen molar-refractivity contribution in [1.82, 2.24) is 4.98 Å². The Labute approximate surface area is 157 Å². The second-order valence-corrected chi connectivity index (χ2v) is 6.33. The van der Waals surface area contributed by atoms with E-state index in [1.807, 2.05) is 0 Å². The number of halogens is 3. The van der Waals surface area contributed by atoms with Crippen molar-refractivity contribution in [1.29, 1.82) is 0 Å². The number of pyridine rings is 1. The lowest BCUT2D eigenvalue weighted by Gasteiger charge is -2.15. The summed E-state index contributed by atoms with van der Waals surface area (Å²) in [5.74, 6) is -0.724. The third kappa shape index (κ3) is 3.13. The van der Waals surface area contributed by atoms with Crippen molar-refractivity contribution in [3.05, 3.63) is 62.0 Å². The molecule has 0 radical (unpaired) electrons. The standard InChI is InChI=1S/C18H13Cl2FN2O3/c1-8(24)13-16(25)14-15(11(19)7-12(20)17(14)26-2)23-18(13)22-10-5-3-4-9(21)6-10/h3-7H,1-2H3,(H2,22,23,25). The summed E-state index contributed by atoms with van der Waals surface area (Å²) in [5.41, 5.74) is -0.119. The SMILES string of the molecule is COc1c(Cl)cc(Cl)c2[nH]c(Nc3cccc(F)c3)c(C(C)=O)c(=O)c12. The van der Waals surface area contributed by atoms with Crippen LogP contribution in [0.25, 0.3) is 10.9 Å². The molecule has 5 nitrogen and oxygen atoms in total. The fraction of sp³-hybridized carbons (Fsp3) is 0.111. The minimum atomic E-state index is -0.591. The topological polar surface area (TPSA) is 71.2 Å². The van der Waals surface area contributed by atoms with Crippen LogP contribution >= 0.6 is 23.2 Å². The summed E-state index contributed by atoms with van der Waals surface area (Å²) in [7, 11) is 1.36. The number of aromatic amines is 1. The third-order valence-corrected chi connectivity index (χ3v) is 4.37. The number of carbonyl (C=O) groups excluding carboxylic acids is 1. The van der Waals surface area contributed by atoms with Gasteiger partial charge in [0.05, 0.1) is 28.1 Å². The molecule has 8 heteroatoms. The molecule has 0 spiro atoms. The molecule has 2 aromatic carbocycles. The summed E-state index contributed by atoms with van der Waals surface area (Å²) in [4.78, 5) is 28.0. The number of hydrogen-bond donors (Lipinski definition) is 2. The molecule has 2 N–H and O–H groups in total. The number of methoxy groups -OCH3 is 1. The molecule has 0 bridgehead atoms. The summed E-state index contributed by atoms with van der Waals surface area (Å²) in [5, 5.41) is 3.26. The van der Waals surface area contributed by atoms with Gasteiger partial charge in [-0.3, -0.25) is 9.59 Å². The number of aromatic nitrogens is 1. The quantitative estimate of drug-likeness (QED) is 0.615. The van der Waals surface area contributed by atoms with Crippen LogP contribution in [0.1, 0.15) is 17.3 Å². The Morgan fingerprint density at radius 2 is 1.96 bits per heavy atom. The van der Waals surface area contributed by atoms with E-state index in [-0.39, 0.29) is 38.1 Å². The summed E-state index contributed by atoms with van der Waals surface area (Å²) >= 11 is 12.3. The van der Waals surface area contributed by atoms with Crippen LogP contribution in [0.3, 0.4) is 0 Å². The molecule has 26 heavy (non-hydrogen) atoms. The second-order valence-electron chi connectivity index (χ2n) is 5.52. The first-order chi connectivity index (χ1) is 12.3. The molecule has 0 saturated heterocycles. The van der Waals surface area contributed by atoms with Gasteiger partial charge in [-0.25, -0.2) is 4.39 Å². The minimum absolute atomic E-state index is 0.0694. The van der Waals surface area contributed by atoms with Crippen molar-refractivity contribution in [3.8, 4) is 5.75 Å². The monoisotopic (exact) mass is 394 g/mol. The van der Waals surface area contributed by atoms with E-state index in [0.29, 0.717) is 5.69 Å². The van der Waals surface area contributed by atoms with Crippen molar-refractivity contribution in [2.75, 3.05) is 12.4 Å². The van der Waals surface area contributed by atoms with E-state index in [2.05, 4.69) is 10.3 Å². The molecule has 0 aliphatic carbocycles. The number of ether oxygens (including phenoxy) is 1. The van der Waals surface area contributed by atoms with Gasteiger partial charge >= 0.3 is 0 Å². The van der Waals surface area contributed by atoms with Crippen LogP contribution in [0.2, 0.25) is 10.0 Å². The van der Waals surface area contributed by atoms with Gasteiger partial charge in [0, 0.05) is 5.69 Å². The van der Waals surface area contributed by atoms with Gasteiger partial charge in [-0.1, -0.05) is 29.3 Å². The lowest BCUT2D eigenvalue weighted by Crippen LogP contribution is -2.18. The second kappa shape index (κ2) is 6.97. The van der Waals surface area contributed by atoms with Gasteiger partial charge < -0.3 is 15.0 Å². The lowest BCUT2D eigenvalue weighted by atomic mass is 10.1. The molecule has 0 aliphatic heterocycles. The van der Waals surface area contributed by atoms with Gasteiger partial charge in [-0.2, -0.15) is 0 Å². The third-order valence-electron chi connectivity index (χ3n) is 3.79. The predicted molar refractivity (Wildman–Crippen MR) is 101 cm³/mol. The first-order valence-electron chi connectivity index (χ1n) is 7.49. The Morgan fingerprint density at radius 1 is 1.23 bits per heavy atom. The highest BCUT2D eigenvalue weighted by atomic mass is 35.5. The molecule has 134 valence electrons. The summed E-state index contributed by atoms with van der Waals surface area (Å²) in [6.45, 7) is 1.26. The van der Waals surface area contributed by atoms with Gasteiger partial charge in [0.25, 0.3) is 0 Å². The van der Waals surface area contributed by atoms with E-state index in [1.165, 1.54) is 38.3 Å². The molecule has 0 aliphatic rings. The van der Waals surface area contributed by atoms with Gasteiger partial charge in [0.2, 0.25) is 5.43 Å². The molecule has 0 unspecified atom stereocenters. The van der Waals surface area contributed by atoms with E-state index in [4.69, 9.17) is 27.9 Å². The number of Topliss-reactive ketones (excluding diaryl/α,β-unsaturated/α-hetero) is 1. The Morgan fingerprint density at radius 3 is 2.58 bits per heavy atom. The number of carbonyl (C=O) groups is 1. The smallest absolute Gasteiger partial charge is 0.206 e. The fourth-order valence-electron chi connectivity index (χ4n) is 2.71. The van der Waals surface area contributed by atoms with Crippen LogP contribution in [0.4, 0.5) is 15.9 Å². The normalized spacial score (nSPS) is 10.8. The Balaban J connectivity index is 2.35. The number of ketones is 1. The van der Waals surface area contributed by atoms with E-state index in [1.54, 1.807) is 6.07 Å². The van der Waals surface area contributed by atoms with Crippen molar-refractivity contribution in [2.45, 2.75) is 6.92 Å². The highest BCUT2D eigenvalue weighted by Crippen LogP contribution is 2.37. The van der Waals surface area contributed by atoms with E-state index in [0.717, 1.165) is 0 Å². The van der Waals surface area contributed by atoms with Crippen LogP contribution in [-0.2, 0) is 0 Å². The molecule has 0 saturated carbocycles. The van der Waals surface area contributed by atoms with Gasteiger partial charge in [0.15, 0.2) is 11.5 Å². The summed E-state index contributed by atoms with van der Waals surface area (Å²) in [6.07, 6.45) is 0. The molecule has 1 aromatic heterocycles.